The highest BCUT2D eigenvalue weighted by molar-refractivity contribution is 5.94. The van der Waals surface area contributed by atoms with E-state index in [4.69, 9.17) is 0 Å². The number of likely N-dealkylation sites (tertiary alicyclic amines) is 1. The molecular formula is C25H24N6O2. The van der Waals surface area contributed by atoms with Gasteiger partial charge >= 0.3 is 6.03 Å². The third kappa shape index (κ3) is 4.69. The zero-order valence-electron chi connectivity index (χ0n) is 18.0. The van der Waals surface area contributed by atoms with Gasteiger partial charge in [0.05, 0.1) is 11.6 Å². The molecule has 1 unspecified atom stereocenters. The van der Waals surface area contributed by atoms with E-state index >= 15 is 0 Å². The third-order valence-corrected chi connectivity index (χ3v) is 5.79. The van der Waals surface area contributed by atoms with Crippen LogP contribution >= 0.6 is 0 Å². The Hall–Kier alpha value is -4.20. The molecule has 1 fully saturated rings. The fourth-order valence-electron chi connectivity index (χ4n) is 4.04. The zero-order chi connectivity index (χ0) is 22.6. The first-order valence-electron chi connectivity index (χ1n) is 11.0. The molecular weight excluding hydrogens is 416 g/mol. The molecule has 0 radical (unpaired) electrons. The Labute approximate surface area is 191 Å². The number of rotatable bonds is 4. The number of para-hydroxylation sites is 1. The van der Waals surface area contributed by atoms with Crippen LogP contribution in [0, 0.1) is 5.92 Å². The first-order chi connectivity index (χ1) is 16.2. The number of hydrogen-bond donors (Lipinski definition) is 2. The standard InChI is InChI=1S/C25H24N6O2/c32-23(19-6-4-14-31(16-19)25(33)28-20-7-2-1-3-8-20)27-21-11-9-18(10-12-21)22-17-30-15-5-13-26-24(30)29-22/h1-3,5,7-13,15,17,19H,4,6,14,16H2,(H,27,32)(H,28,33). The van der Waals surface area contributed by atoms with Gasteiger partial charge in [-0.3, -0.25) is 9.20 Å². The van der Waals surface area contributed by atoms with Crippen LogP contribution < -0.4 is 10.6 Å². The van der Waals surface area contributed by atoms with Gasteiger partial charge in [-0.2, -0.15) is 0 Å². The summed E-state index contributed by atoms with van der Waals surface area (Å²) in [6, 6.07) is 18.6. The van der Waals surface area contributed by atoms with Crippen LogP contribution in [0.25, 0.3) is 17.0 Å². The number of carbonyl (C=O) groups excluding carboxylic acids is 2. The van der Waals surface area contributed by atoms with Crippen LogP contribution in [-0.2, 0) is 4.79 Å². The number of carbonyl (C=O) groups is 2. The average Bonchev–Trinajstić information content (AvgIpc) is 3.29. The maximum absolute atomic E-state index is 12.9. The smallest absolute Gasteiger partial charge is 0.321 e. The average molecular weight is 441 g/mol. The minimum Gasteiger partial charge on any atom is -0.326 e. The summed E-state index contributed by atoms with van der Waals surface area (Å²) in [5.74, 6) is 0.324. The number of hydrogen-bond acceptors (Lipinski definition) is 4. The molecule has 0 aliphatic carbocycles. The number of imidazole rings is 1. The third-order valence-electron chi connectivity index (χ3n) is 5.79. The monoisotopic (exact) mass is 440 g/mol. The number of benzene rings is 2. The van der Waals surface area contributed by atoms with Crippen LogP contribution in [0.3, 0.4) is 0 Å². The van der Waals surface area contributed by atoms with E-state index in [1.54, 1.807) is 11.1 Å². The minimum absolute atomic E-state index is 0.0723. The van der Waals surface area contributed by atoms with E-state index in [0.717, 1.165) is 35.5 Å². The van der Waals surface area contributed by atoms with Gasteiger partial charge in [0.2, 0.25) is 11.7 Å². The summed E-state index contributed by atoms with van der Waals surface area (Å²) in [5, 5.41) is 5.89. The Kier molecular flexibility index (Phi) is 5.72. The fourth-order valence-corrected chi connectivity index (χ4v) is 4.04. The van der Waals surface area contributed by atoms with Crippen LogP contribution in [0.4, 0.5) is 16.2 Å². The topological polar surface area (TPSA) is 91.6 Å². The molecule has 5 rings (SSSR count). The lowest BCUT2D eigenvalue weighted by Gasteiger charge is -2.32. The highest BCUT2D eigenvalue weighted by Crippen LogP contribution is 2.23. The minimum atomic E-state index is -0.246. The molecule has 2 aromatic heterocycles. The van der Waals surface area contributed by atoms with E-state index in [1.807, 2.05) is 77.5 Å². The van der Waals surface area contributed by atoms with E-state index in [1.165, 1.54) is 0 Å². The van der Waals surface area contributed by atoms with Gasteiger partial charge in [0.25, 0.3) is 0 Å². The summed E-state index contributed by atoms with van der Waals surface area (Å²) in [5.41, 5.74) is 3.23. The predicted octanol–water partition coefficient (Wildman–Crippen LogP) is 4.28. The predicted molar refractivity (Wildman–Crippen MR) is 127 cm³/mol. The van der Waals surface area contributed by atoms with Crippen molar-refractivity contribution in [1.29, 1.82) is 0 Å². The van der Waals surface area contributed by atoms with E-state index in [9.17, 15) is 9.59 Å². The Morgan fingerprint density at radius 3 is 2.52 bits per heavy atom. The molecule has 8 heteroatoms. The Morgan fingerprint density at radius 1 is 0.939 bits per heavy atom. The first-order valence-corrected chi connectivity index (χ1v) is 11.0. The van der Waals surface area contributed by atoms with Crippen molar-refractivity contribution in [3.63, 3.8) is 0 Å². The van der Waals surface area contributed by atoms with Crippen molar-refractivity contribution >= 4 is 29.1 Å². The van der Waals surface area contributed by atoms with Crippen molar-refractivity contribution in [2.45, 2.75) is 12.8 Å². The number of nitrogens with one attached hydrogen (secondary N) is 2. The zero-order valence-corrected chi connectivity index (χ0v) is 18.0. The molecule has 0 spiro atoms. The fraction of sp³-hybridized carbons (Fsp3) is 0.200. The summed E-state index contributed by atoms with van der Waals surface area (Å²) < 4.78 is 1.87. The van der Waals surface area contributed by atoms with Crippen LogP contribution in [0.2, 0.25) is 0 Å². The van der Waals surface area contributed by atoms with Gasteiger partial charge in [-0.1, -0.05) is 30.3 Å². The first kappa shape index (κ1) is 20.7. The number of urea groups is 1. The van der Waals surface area contributed by atoms with Crippen LogP contribution in [0.5, 0.6) is 0 Å². The molecule has 0 saturated carbocycles. The van der Waals surface area contributed by atoms with Crippen molar-refractivity contribution < 1.29 is 9.59 Å². The molecule has 33 heavy (non-hydrogen) atoms. The summed E-state index contributed by atoms with van der Waals surface area (Å²) in [4.78, 5) is 35.9. The molecule has 4 aromatic rings. The summed E-state index contributed by atoms with van der Waals surface area (Å²) in [7, 11) is 0. The molecule has 8 nitrogen and oxygen atoms in total. The van der Waals surface area contributed by atoms with Gasteiger partial charge in [0.15, 0.2) is 0 Å². The number of piperidine rings is 1. The number of aromatic nitrogens is 3. The molecule has 1 saturated heterocycles. The Balaban J connectivity index is 1.20. The van der Waals surface area contributed by atoms with Gasteiger partial charge in [-0.15, -0.1) is 0 Å². The van der Waals surface area contributed by atoms with Gasteiger partial charge in [-0.05, 0) is 43.2 Å². The lowest BCUT2D eigenvalue weighted by molar-refractivity contribution is -0.121. The van der Waals surface area contributed by atoms with Gasteiger partial charge < -0.3 is 15.5 Å². The highest BCUT2D eigenvalue weighted by atomic mass is 16.2. The van der Waals surface area contributed by atoms with E-state index in [2.05, 4.69) is 20.6 Å². The van der Waals surface area contributed by atoms with Crippen molar-refractivity contribution in [3.05, 3.63) is 79.3 Å². The second kappa shape index (κ2) is 9.12. The van der Waals surface area contributed by atoms with E-state index in [0.29, 0.717) is 18.9 Å². The van der Waals surface area contributed by atoms with Crippen molar-refractivity contribution in [2.75, 3.05) is 23.7 Å². The number of amides is 3. The largest absolute Gasteiger partial charge is 0.326 e. The van der Waals surface area contributed by atoms with Crippen molar-refractivity contribution in [1.82, 2.24) is 19.3 Å². The van der Waals surface area contributed by atoms with Gasteiger partial charge in [0, 0.05) is 48.6 Å². The lowest BCUT2D eigenvalue weighted by Crippen LogP contribution is -2.45. The second-order valence-corrected chi connectivity index (χ2v) is 8.10. The summed E-state index contributed by atoms with van der Waals surface area (Å²) in [6.07, 6.45) is 7.09. The maximum Gasteiger partial charge on any atom is 0.321 e. The van der Waals surface area contributed by atoms with Gasteiger partial charge in [-0.25, -0.2) is 14.8 Å². The van der Waals surface area contributed by atoms with E-state index in [-0.39, 0.29) is 17.9 Å². The summed E-state index contributed by atoms with van der Waals surface area (Å²) in [6.45, 7) is 1.04. The quantitative estimate of drug-likeness (QED) is 0.496. The van der Waals surface area contributed by atoms with Crippen molar-refractivity contribution in [3.8, 4) is 11.3 Å². The molecule has 2 aromatic carbocycles. The molecule has 1 atom stereocenters. The Morgan fingerprint density at radius 2 is 1.73 bits per heavy atom. The molecule has 3 heterocycles. The molecule has 1 aliphatic rings. The SMILES string of the molecule is O=C(Nc1ccc(-c2cn3cccnc3n2)cc1)C1CCCN(C(=O)Nc2ccccc2)C1. The second-order valence-electron chi connectivity index (χ2n) is 8.10. The number of fused-ring (bicyclic) bond motifs is 1. The highest BCUT2D eigenvalue weighted by Gasteiger charge is 2.28. The lowest BCUT2D eigenvalue weighted by atomic mass is 9.97. The maximum atomic E-state index is 12.9. The number of nitrogens with zero attached hydrogens (tertiary/aromatic N) is 4. The van der Waals surface area contributed by atoms with Crippen LogP contribution in [-0.4, -0.2) is 44.3 Å². The molecule has 2 N–H and O–H groups in total. The van der Waals surface area contributed by atoms with Crippen molar-refractivity contribution in [2.24, 2.45) is 5.92 Å². The molecule has 3 amide bonds. The van der Waals surface area contributed by atoms with E-state index < -0.39 is 0 Å². The van der Waals surface area contributed by atoms with Gasteiger partial charge in [0.1, 0.15) is 0 Å². The van der Waals surface area contributed by atoms with Crippen LogP contribution in [0.1, 0.15) is 12.8 Å². The number of anilines is 2. The van der Waals surface area contributed by atoms with Crippen LogP contribution in [0.15, 0.2) is 79.3 Å². The Bertz CT molecular complexity index is 1240. The molecule has 166 valence electrons. The normalized spacial score (nSPS) is 15.9. The molecule has 1 aliphatic heterocycles. The summed E-state index contributed by atoms with van der Waals surface area (Å²) >= 11 is 0. The molecule has 0 bridgehead atoms.